The molecule has 37 heavy (non-hydrogen) atoms. The van der Waals surface area contributed by atoms with E-state index in [1.54, 1.807) is 58.2 Å². The molecule has 3 rings (SSSR count). The number of rotatable bonds is 9. The minimum Gasteiger partial charge on any atom is -0.508 e. The first-order valence-electron chi connectivity index (χ1n) is 12.1. The second kappa shape index (κ2) is 11.7. The predicted octanol–water partition coefficient (Wildman–Crippen LogP) is 4.37. The summed E-state index contributed by atoms with van der Waals surface area (Å²) in [5.41, 5.74) is 2.21. The van der Waals surface area contributed by atoms with E-state index in [0.717, 1.165) is 0 Å². The molecule has 0 aliphatic carbocycles. The van der Waals surface area contributed by atoms with E-state index >= 15 is 0 Å². The molecule has 2 aromatic carbocycles. The summed E-state index contributed by atoms with van der Waals surface area (Å²) in [5.74, 6) is 0.0910. The Bertz CT molecular complexity index is 1250. The van der Waals surface area contributed by atoms with Crippen LogP contribution in [0.4, 0.5) is 4.79 Å². The molecular weight excluding hydrogens is 476 g/mol. The van der Waals surface area contributed by atoms with Crippen molar-refractivity contribution in [1.82, 2.24) is 20.8 Å². The lowest BCUT2D eigenvalue weighted by atomic mass is 9.96. The molecule has 3 aromatic rings. The Kier molecular flexibility index (Phi) is 8.65. The average molecular weight is 511 g/mol. The number of hydrogen-bond acceptors (Lipinski definition) is 7. The topological polar surface area (TPSA) is 146 Å². The number of aromatic hydroxyl groups is 2. The normalized spacial score (nSPS) is 11.2. The highest BCUT2D eigenvalue weighted by Gasteiger charge is 2.24. The summed E-state index contributed by atoms with van der Waals surface area (Å²) in [6, 6.07) is 10.1. The van der Waals surface area contributed by atoms with Crippen LogP contribution >= 0.6 is 0 Å². The van der Waals surface area contributed by atoms with E-state index in [0.29, 0.717) is 59.6 Å². The van der Waals surface area contributed by atoms with Crippen molar-refractivity contribution < 1.29 is 29.3 Å². The van der Waals surface area contributed by atoms with Crippen molar-refractivity contribution in [3.63, 3.8) is 0 Å². The molecule has 0 saturated carbocycles. The lowest BCUT2D eigenvalue weighted by Crippen LogP contribution is -2.34. The van der Waals surface area contributed by atoms with Gasteiger partial charge in [-0.1, -0.05) is 19.1 Å². The van der Waals surface area contributed by atoms with Crippen LogP contribution in [0.3, 0.4) is 0 Å². The number of H-pyrrole nitrogens is 1. The summed E-state index contributed by atoms with van der Waals surface area (Å²) in [5, 5.41) is 33.4. The molecule has 1 aromatic heterocycles. The van der Waals surface area contributed by atoms with Gasteiger partial charge in [0.15, 0.2) is 0 Å². The highest BCUT2D eigenvalue weighted by molar-refractivity contribution is 6.03. The van der Waals surface area contributed by atoms with E-state index in [-0.39, 0.29) is 17.2 Å². The van der Waals surface area contributed by atoms with Crippen molar-refractivity contribution in [1.29, 1.82) is 0 Å². The number of aromatic nitrogens is 2. The Morgan fingerprint density at radius 3 is 2.32 bits per heavy atom. The van der Waals surface area contributed by atoms with Crippen LogP contribution in [0.2, 0.25) is 0 Å². The van der Waals surface area contributed by atoms with Crippen LogP contribution < -0.4 is 15.4 Å². The van der Waals surface area contributed by atoms with Gasteiger partial charge in [0.25, 0.3) is 5.91 Å². The molecule has 0 bridgehead atoms. The first-order chi connectivity index (χ1) is 17.5. The van der Waals surface area contributed by atoms with E-state index in [4.69, 9.17) is 9.47 Å². The minimum absolute atomic E-state index is 0.0109. The van der Waals surface area contributed by atoms with Gasteiger partial charge in [-0.15, -0.1) is 0 Å². The van der Waals surface area contributed by atoms with Gasteiger partial charge in [0.05, 0.1) is 7.11 Å². The summed E-state index contributed by atoms with van der Waals surface area (Å²) in [6.07, 6.45) is 0.521. The number of nitrogens with one attached hydrogen (secondary N) is 3. The Morgan fingerprint density at radius 2 is 1.70 bits per heavy atom. The van der Waals surface area contributed by atoms with Crippen LogP contribution in [0.25, 0.3) is 22.4 Å². The zero-order valence-corrected chi connectivity index (χ0v) is 21.8. The van der Waals surface area contributed by atoms with Crippen LogP contribution in [-0.4, -0.2) is 58.2 Å². The number of amides is 2. The number of phenols is 2. The second-order valence-corrected chi connectivity index (χ2v) is 9.44. The SMILES string of the molecule is CCc1cc(-c2n[nH]c(C(=O)NCCCNC(=O)OC(C)(C)C)c2-c2ccc(OC)cc2)c(O)cc1O. The third-order valence-corrected chi connectivity index (χ3v) is 5.51. The van der Waals surface area contributed by atoms with Gasteiger partial charge in [0.2, 0.25) is 0 Å². The highest BCUT2D eigenvalue weighted by atomic mass is 16.6. The number of carbonyl (C=O) groups is 2. The molecule has 0 fully saturated rings. The van der Waals surface area contributed by atoms with Crippen LogP contribution in [0, 0.1) is 0 Å². The Morgan fingerprint density at radius 1 is 1.03 bits per heavy atom. The highest BCUT2D eigenvalue weighted by Crippen LogP contribution is 2.40. The third kappa shape index (κ3) is 6.93. The molecule has 0 saturated heterocycles. The van der Waals surface area contributed by atoms with E-state index in [1.807, 2.05) is 6.92 Å². The molecule has 10 nitrogen and oxygen atoms in total. The molecule has 0 spiro atoms. The van der Waals surface area contributed by atoms with Crippen LogP contribution in [0.5, 0.6) is 17.2 Å². The van der Waals surface area contributed by atoms with Crippen molar-refractivity contribution >= 4 is 12.0 Å². The number of nitrogens with zero attached hydrogens (tertiary/aromatic N) is 1. The molecule has 0 aliphatic rings. The number of methoxy groups -OCH3 is 1. The summed E-state index contributed by atoms with van der Waals surface area (Å²) in [4.78, 5) is 24.9. The summed E-state index contributed by atoms with van der Waals surface area (Å²) >= 11 is 0. The Balaban J connectivity index is 1.84. The number of alkyl carbamates (subject to hydrolysis) is 1. The number of phenolic OH excluding ortho intramolecular Hbond substituents is 2. The third-order valence-electron chi connectivity index (χ3n) is 5.51. The lowest BCUT2D eigenvalue weighted by Gasteiger charge is -2.19. The quantitative estimate of drug-likeness (QED) is 0.269. The van der Waals surface area contributed by atoms with Gasteiger partial charge >= 0.3 is 6.09 Å². The number of aryl methyl sites for hydroxylation is 1. The largest absolute Gasteiger partial charge is 0.508 e. The van der Waals surface area contributed by atoms with E-state index in [2.05, 4.69) is 20.8 Å². The van der Waals surface area contributed by atoms with Crippen LogP contribution in [0.1, 0.15) is 50.2 Å². The first-order valence-corrected chi connectivity index (χ1v) is 12.1. The van der Waals surface area contributed by atoms with Gasteiger partial charge in [0.1, 0.15) is 34.2 Å². The van der Waals surface area contributed by atoms with E-state index < -0.39 is 17.6 Å². The standard InChI is InChI=1S/C27H34N4O6/c1-6-16-14-19(21(33)15-20(16)32)23-22(17-8-10-18(36-5)11-9-17)24(31-30-23)25(34)28-12-7-13-29-26(35)37-27(2,3)4/h8-11,14-15,32-33H,6-7,12-13H2,1-5H3,(H,28,34)(H,29,35)(H,30,31). The number of benzene rings is 2. The lowest BCUT2D eigenvalue weighted by molar-refractivity contribution is 0.0527. The fourth-order valence-electron chi connectivity index (χ4n) is 3.72. The van der Waals surface area contributed by atoms with E-state index in [1.165, 1.54) is 6.07 Å². The predicted molar refractivity (Wildman–Crippen MR) is 140 cm³/mol. The van der Waals surface area contributed by atoms with Gasteiger partial charge < -0.3 is 30.3 Å². The van der Waals surface area contributed by atoms with Gasteiger partial charge in [-0.3, -0.25) is 9.89 Å². The maximum absolute atomic E-state index is 13.1. The summed E-state index contributed by atoms with van der Waals surface area (Å²) in [7, 11) is 1.57. The molecular formula is C27H34N4O6. The summed E-state index contributed by atoms with van der Waals surface area (Å²) in [6.45, 7) is 7.87. The molecule has 0 unspecified atom stereocenters. The number of ether oxygens (including phenoxy) is 2. The maximum atomic E-state index is 13.1. The molecule has 1 heterocycles. The number of carbonyl (C=O) groups excluding carboxylic acids is 2. The minimum atomic E-state index is -0.585. The summed E-state index contributed by atoms with van der Waals surface area (Å²) < 4.78 is 10.5. The van der Waals surface area contributed by atoms with Gasteiger partial charge in [0, 0.05) is 30.3 Å². The van der Waals surface area contributed by atoms with Gasteiger partial charge in [-0.25, -0.2) is 4.79 Å². The zero-order chi connectivity index (χ0) is 27.2. The van der Waals surface area contributed by atoms with Gasteiger partial charge in [-0.2, -0.15) is 5.10 Å². The average Bonchev–Trinajstić information content (AvgIpc) is 3.27. The van der Waals surface area contributed by atoms with Gasteiger partial charge in [-0.05, 0) is 62.9 Å². The Labute approximate surface area is 216 Å². The molecule has 0 radical (unpaired) electrons. The second-order valence-electron chi connectivity index (χ2n) is 9.44. The molecule has 2 amide bonds. The van der Waals surface area contributed by atoms with Crippen molar-refractivity contribution in [3.8, 4) is 39.6 Å². The van der Waals surface area contributed by atoms with Crippen molar-refractivity contribution in [2.75, 3.05) is 20.2 Å². The Hall–Kier alpha value is -4.21. The molecule has 5 N–H and O–H groups in total. The smallest absolute Gasteiger partial charge is 0.407 e. The molecule has 0 atom stereocenters. The number of hydrogen-bond donors (Lipinski definition) is 5. The molecule has 0 aliphatic heterocycles. The number of aromatic amines is 1. The molecule has 10 heteroatoms. The van der Waals surface area contributed by atoms with Crippen molar-refractivity contribution in [2.45, 2.75) is 46.1 Å². The van der Waals surface area contributed by atoms with Crippen LogP contribution in [0.15, 0.2) is 36.4 Å². The van der Waals surface area contributed by atoms with E-state index in [9.17, 15) is 19.8 Å². The van der Waals surface area contributed by atoms with Crippen molar-refractivity contribution in [2.24, 2.45) is 0 Å². The van der Waals surface area contributed by atoms with Crippen LogP contribution in [-0.2, 0) is 11.2 Å². The molecule has 198 valence electrons. The fraction of sp³-hybridized carbons (Fsp3) is 0.370. The fourth-order valence-corrected chi connectivity index (χ4v) is 3.72. The zero-order valence-electron chi connectivity index (χ0n) is 21.8. The van der Waals surface area contributed by atoms with Crippen molar-refractivity contribution in [3.05, 3.63) is 47.7 Å². The maximum Gasteiger partial charge on any atom is 0.407 e. The first kappa shape index (κ1) is 27.4. The monoisotopic (exact) mass is 510 g/mol.